The lowest BCUT2D eigenvalue weighted by atomic mass is 10.1. The smallest absolute Gasteiger partial charge is 0.146 e. The van der Waals surface area contributed by atoms with E-state index in [9.17, 15) is 4.39 Å². The number of hydrogen-bond donors (Lipinski definition) is 1. The molecule has 2 nitrogen and oxygen atoms in total. The highest BCUT2D eigenvalue weighted by Gasteiger charge is 2.22. The number of nitrogens with zero attached hydrogens (tertiary/aromatic N) is 1. The summed E-state index contributed by atoms with van der Waals surface area (Å²) >= 11 is 0. The highest BCUT2D eigenvalue weighted by atomic mass is 19.1. The molecule has 0 bridgehead atoms. The first-order chi connectivity index (χ1) is 7.72. The first-order valence-corrected chi connectivity index (χ1v) is 5.97. The van der Waals surface area contributed by atoms with Crippen LogP contribution in [0.4, 0.5) is 10.1 Å². The second kappa shape index (κ2) is 4.83. The predicted octanol–water partition coefficient (Wildman–Crippen LogP) is 2.32. The van der Waals surface area contributed by atoms with Crippen LogP contribution in [0.5, 0.6) is 0 Å². The van der Waals surface area contributed by atoms with Gasteiger partial charge in [0.15, 0.2) is 0 Å². The maximum Gasteiger partial charge on any atom is 0.146 e. The molecule has 0 amide bonds. The Bertz CT molecular complexity index is 365. The van der Waals surface area contributed by atoms with Gasteiger partial charge in [0.25, 0.3) is 0 Å². The number of hydrogen-bond acceptors (Lipinski definition) is 2. The van der Waals surface area contributed by atoms with Gasteiger partial charge < -0.3 is 10.6 Å². The lowest BCUT2D eigenvalue weighted by Crippen LogP contribution is -2.27. The molecule has 1 aromatic carbocycles. The van der Waals surface area contributed by atoms with E-state index in [0.29, 0.717) is 12.6 Å². The molecule has 2 N–H and O–H groups in total. The molecule has 2 rings (SSSR count). The Morgan fingerprint density at radius 1 is 1.50 bits per heavy atom. The molecular weight excluding hydrogens is 203 g/mol. The Morgan fingerprint density at radius 3 is 2.88 bits per heavy atom. The van der Waals surface area contributed by atoms with Crippen molar-refractivity contribution >= 4 is 5.69 Å². The van der Waals surface area contributed by atoms with Crippen LogP contribution in [-0.4, -0.2) is 19.1 Å². The van der Waals surface area contributed by atoms with E-state index in [1.807, 2.05) is 12.1 Å². The standard InChI is InChI=1S/C13H19FN2/c1-10-3-2-8-16(10)13-5-4-11(6-7-15)9-12(13)14/h4-5,9-10H,2-3,6-8,15H2,1H3. The van der Waals surface area contributed by atoms with E-state index in [1.165, 1.54) is 0 Å². The average molecular weight is 222 g/mol. The molecule has 0 radical (unpaired) electrons. The van der Waals surface area contributed by atoms with Crippen molar-refractivity contribution in [2.24, 2.45) is 5.73 Å². The van der Waals surface area contributed by atoms with Crippen molar-refractivity contribution in [3.63, 3.8) is 0 Å². The van der Waals surface area contributed by atoms with Crippen molar-refractivity contribution in [1.82, 2.24) is 0 Å². The van der Waals surface area contributed by atoms with Crippen LogP contribution in [0, 0.1) is 5.82 Å². The fraction of sp³-hybridized carbons (Fsp3) is 0.538. The molecule has 1 heterocycles. The first-order valence-electron chi connectivity index (χ1n) is 5.97. The molecule has 0 aliphatic carbocycles. The quantitative estimate of drug-likeness (QED) is 0.850. The number of anilines is 1. The Balaban J connectivity index is 2.21. The summed E-state index contributed by atoms with van der Waals surface area (Å²) in [5.41, 5.74) is 7.18. The number of halogens is 1. The molecule has 1 aromatic rings. The van der Waals surface area contributed by atoms with Crippen LogP contribution < -0.4 is 10.6 Å². The summed E-state index contributed by atoms with van der Waals surface area (Å²) in [4.78, 5) is 2.15. The van der Waals surface area contributed by atoms with E-state index in [0.717, 1.165) is 37.1 Å². The third-order valence-electron chi connectivity index (χ3n) is 3.31. The Hall–Kier alpha value is -1.09. The van der Waals surface area contributed by atoms with E-state index in [1.54, 1.807) is 6.07 Å². The second-order valence-electron chi connectivity index (χ2n) is 4.51. The summed E-state index contributed by atoms with van der Waals surface area (Å²) in [5, 5.41) is 0. The topological polar surface area (TPSA) is 29.3 Å². The zero-order valence-corrected chi connectivity index (χ0v) is 9.75. The van der Waals surface area contributed by atoms with Gasteiger partial charge in [0.1, 0.15) is 5.82 Å². The van der Waals surface area contributed by atoms with Gasteiger partial charge in [-0.3, -0.25) is 0 Å². The zero-order valence-electron chi connectivity index (χ0n) is 9.75. The molecule has 1 aliphatic rings. The van der Waals surface area contributed by atoms with Gasteiger partial charge in [-0.05, 0) is 50.4 Å². The van der Waals surface area contributed by atoms with Crippen LogP contribution in [0.25, 0.3) is 0 Å². The first kappa shape index (κ1) is 11.4. The monoisotopic (exact) mass is 222 g/mol. The summed E-state index contributed by atoms with van der Waals surface area (Å²) in [6, 6.07) is 5.95. The maximum absolute atomic E-state index is 13.9. The van der Waals surface area contributed by atoms with Gasteiger partial charge >= 0.3 is 0 Å². The predicted molar refractivity (Wildman–Crippen MR) is 65.2 cm³/mol. The van der Waals surface area contributed by atoms with Crippen molar-refractivity contribution in [3.8, 4) is 0 Å². The van der Waals surface area contributed by atoms with Gasteiger partial charge in [-0.25, -0.2) is 4.39 Å². The van der Waals surface area contributed by atoms with Crippen LogP contribution in [0.3, 0.4) is 0 Å². The molecule has 88 valence electrons. The molecule has 1 unspecified atom stereocenters. The SMILES string of the molecule is CC1CCCN1c1ccc(CCN)cc1F. The van der Waals surface area contributed by atoms with Crippen LogP contribution in [-0.2, 0) is 6.42 Å². The van der Waals surface area contributed by atoms with Gasteiger partial charge in [-0.2, -0.15) is 0 Å². The van der Waals surface area contributed by atoms with Crippen molar-refractivity contribution in [1.29, 1.82) is 0 Å². The maximum atomic E-state index is 13.9. The fourth-order valence-electron chi connectivity index (χ4n) is 2.40. The third kappa shape index (κ3) is 2.19. The van der Waals surface area contributed by atoms with Crippen molar-refractivity contribution in [2.75, 3.05) is 18.0 Å². The van der Waals surface area contributed by atoms with E-state index >= 15 is 0 Å². The number of rotatable bonds is 3. The summed E-state index contributed by atoms with van der Waals surface area (Å²) in [7, 11) is 0. The zero-order chi connectivity index (χ0) is 11.5. The lowest BCUT2D eigenvalue weighted by molar-refractivity contribution is 0.611. The minimum Gasteiger partial charge on any atom is -0.366 e. The molecule has 0 aromatic heterocycles. The van der Waals surface area contributed by atoms with Crippen molar-refractivity contribution in [2.45, 2.75) is 32.2 Å². The molecule has 1 aliphatic heterocycles. The van der Waals surface area contributed by atoms with Gasteiger partial charge in [-0.1, -0.05) is 6.07 Å². The molecule has 1 fully saturated rings. The van der Waals surface area contributed by atoms with E-state index in [2.05, 4.69) is 11.8 Å². The van der Waals surface area contributed by atoms with Gasteiger partial charge in [0.2, 0.25) is 0 Å². The Labute approximate surface area is 96.2 Å². The van der Waals surface area contributed by atoms with Crippen LogP contribution in [0.1, 0.15) is 25.3 Å². The molecular formula is C13H19FN2. The van der Waals surface area contributed by atoms with Crippen LogP contribution >= 0.6 is 0 Å². The van der Waals surface area contributed by atoms with Gasteiger partial charge in [0, 0.05) is 12.6 Å². The third-order valence-corrected chi connectivity index (χ3v) is 3.31. The normalized spacial score (nSPS) is 20.4. The number of benzene rings is 1. The van der Waals surface area contributed by atoms with Crippen LogP contribution in [0.2, 0.25) is 0 Å². The van der Waals surface area contributed by atoms with E-state index in [4.69, 9.17) is 5.73 Å². The molecule has 1 atom stereocenters. The number of nitrogens with two attached hydrogens (primary N) is 1. The van der Waals surface area contributed by atoms with Gasteiger partial charge in [-0.15, -0.1) is 0 Å². The molecule has 16 heavy (non-hydrogen) atoms. The van der Waals surface area contributed by atoms with Crippen molar-refractivity contribution in [3.05, 3.63) is 29.6 Å². The largest absolute Gasteiger partial charge is 0.366 e. The second-order valence-corrected chi connectivity index (χ2v) is 4.51. The van der Waals surface area contributed by atoms with Gasteiger partial charge in [0.05, 0.1) is 5.69 Å². The molecule has 0 spiro atoms. The van der Waals surface area contributed by atoms with E-state index < -0.39 is 0 Å². The average Bonchev–Trinajstić information content (AvgIpc) is 2.65. The summed E-state index contributed by atoms with van der Waals surface area (Å²) in [5.74, 6) is -0.111. The summed E-state index contributed by atoms with van der Waals surface area (Å²) in [6.07, 6.45) is 3.06. The summed E-state index contributed by atoms with van der Waals surface area (Å²) < 4.78 is 13.9. The van der Waals surface area contributed by atoms with Crippen molar-refractivity contribution < 1.29 is 4.39 Å². The molecule has 3 heteroatoms. The Morgan fingerprint density at radius 2 is 2.31 bits per heavy atom. The Kier molecular flexibility index (Phi) is 3.44. The fourth-order valence-corrected chi connectivity index (χ4v) is 2.40. The lowest BCUT2D eigenvalue weighted by Gasteiger charge is -2.24. The summed E-state index contributed by atoms with van der Waals surface area (Å²) in [6.45, 7) is 3.69. The van der Waals surface area contributed by atoms with Crippen LogP contribution in [0.15, 0.2) is 18.2 Å². The minimum atomic E-state index is -0.111. The molecule has 0 saturated carbocycles. The van der Waals surface area contributed by atoms with E-state index in [-0.39, 0.29) is 5.82 Å². The minimum absolute atomic E-state index is 0.111. The molecule has 1 saturated heterocycles. The highest BCUT2D eigenvalue weighted by Crippen LogP contribution is 2.28. The highest BCUT2D eigenvalue weighted by molar-refractivity contribution is 5.50.